The van der Waals surface area contributed by atoms with E-state index < -0.39 is 0 Å². The molecule has 1 fully saturated rings. The van der Waals surface area contributed by atoms with Crippen LogP contribution in [0.5, 0.6) is 0 Å². The van der Waals surface area contributed by atoms with E-state index in [0.29, 0.717) is 11.8 Å². The summed E-state index contributed by atoms with van der Waals surface area (Å²) in [6.45, 7) is 11.0. The summed E-state index contributed by atoms with van der Waals surface area (Å²) in [7, 11) is 0. The minimum atomic E-state index is 0.480. The molecule has 27 heavy (non-hydrogen) atoms. The van der Waals surface area contributed by atoms with Crippen LogP contribution in [0.15, 0.2) is 40.7 Å². The summed E-state index contributed by atoms with van der Waals surface area (Å²) < 4.78 is 0. The largest absolute Gasteiger partial charge is 0.367 e. The van der Waals surface area contributed by atoms with Gasteiger partial charge in [0.2, 0.25) is 0 Å². The predicted octanol–water partition coefficient (Wildman–Crippen LogP) is 5.24. The second-order valence-electron chi connectivity index (χ2n) is 8.11. The molecule has 0 bridgehead atoms. The van der Waals surface area contributed by atoms with Crippen LogP contribution < -0.4 is 5.32 Å². The van der Waals surface area contributed by atoms with Crippen molar-refractivity contribution in [1.29, 1.82) is 0 Å². The third-order valence-electron chi connectivity index (χ3n) is 6.20. The normalized spacial score (nSPS) is 25.9. The minimum absolute atomic E-state index is 0.480. The molecule has 1 aliphatic carbocycles. The Balaban J connectivity index is 1.95. The van der Waals surface area contributed by atoms with Crippen molar-refractivity contribution >= 4 is 22.9 Å². The van der Waals surface area contributed by atoms with Crippen molar-refractivity contribution in [2.75, 3.05) is 26.2 Å². The Morgan fingerprint density at radius 1 is 1.26 bits per heavy atom. The number of hydrogen-bond acceptors (Lipinski definition) is 3. The molecule has 1 aromatic rings. The zero-order chi connectivity index (χ0) is 19.0. The lowest BCUT2D eigenvalue weighted by Crippen LogP contribution is -2.43. The summed E-state index contributed by atoms with van der Waals surface area (Å²) in [5, 5.41) is 4.30. The highest BCUT2D eigenvalue weighted by Gasteiger charge is 2.31. The van der Waals surface area contributed by atoms with E-state index in [1.807, 2.05) is 6.07 Å². The summed E-state index contributed by atoms with van der Waals surface area (Å²) in [6.07, 6.45) is 5.65. The molecule has 2 heterocycles. The number of nitrogens with one attached hydrogen (secondary N) is 1. The van der Waals surface area contributed by atoms with Crippen LogP contribution in [0, 0.1) is 5.92 Å². The summed E-state index contributed by atoms with van der Waals surface area (Å²) in [6, 6.07) is 6.45. The van der Waals surface area contributed by atoms with Gasteiger partial charge in [0.1, 0.15) is 0 Å². The molecule has 0 saturated carbocycles. The molecule has 4 rings (SSSR count). The lowest BCUT2D eigenvalue weighted by Gasteiger charge is -2.37. The third kappa shape index (κ3) is 3.60. The summed E-state index contributed by atoms with van der Waals surface area (Å²) in [5.41, 5.74) is 7.93. The number of nitrogens with zero attached hydrogens (tertiary/aromatic N) is 2. The van der Waals surface area contributed by atoms with Crippen molar-refractivity contribution in [1.82, 2.24) is 10.2 Å². The smallest absolute Gasteiger partial charge is 0.0899 e. The molecule has 1 N–H and O–H groups in total. The van der Waals surface area contributed by atoms with E-state index in [1.54, 1.807) is 0 Å². The molecular formula is C23H30ClN3. The van der Waals surface area contributed by atoms with Crippen LogP contribution >= 0.6 is 11.6 Å². The van der Waals surface area contributed by atoms with Crippen LogP contribution in [-0.4, -0.2) is 36.8 Å². The first-order valence-electron chi connectivity index (χ1n) is 10.3. The molecule has 1 saturated heterocycles. The van der Waals surface area contributed by atoms with Crippen molar-refractivity contribution in [2.24, 2.45) is 10.9 Å². The van der Waals surface area contributed by atoms with Gasteiger partial charge in [0, 0.05) is 36.9 Å². The second-order valence-corrected chi connectivity index (χ2v) is 8.55. The molecule has 144 valence electrons. The zero-order valence-corrected chi connectivity index (χ0v) is 17.4. The van der Waals surface area contributed by atoms with E-state index >= 15 is 0 Å². The second kappa shape index (κ2) is 7.81. The fourth-order valence-electron chi connectivity index (χ4n) is 4.73. The van der Waals surface area contributed by atoms with Crippen LogP contribution in [0.3, 0.4) is 0 Å². The first-order chi connectivity index (χ1) is 13.1. The number of allylic oxidation sites excluding steroid dienone is 2. The Bertz CT molecular complexity index is 815. The topological polar surface area (TPSA) is 27.6 Å². The van der Waals surface area contributed by atoms with Gasteiger partial charge in [-0.25, -0.2) is 0 Å². The van der Waals surface area contributed by atoms with E-state index in [0.717, 1.165) is 50.5 Å². The first kappa shape index (κ1) is 18.8. The van der Waals surface area contributed by atoms with E-state index in [-0.39, 0.29) is 0 Å². The highest BCUT2D eigenvalue weighted by Crippen LogP contribution is 2.45. The Morgan fingerprint density at radius 2 is 2.04 bits per heavy atom. The first-order valence-corrected chi connectivity index (χ1v) is 10.7. The molecule has 2 unspecified atom stereocenters. The molecule has 0 spiro atoms. The molecule has 2 aliphatic heterocycles. The molecule has 3 nitrogen and oxygen atoms in total. The van der Waals surface area contributed by atoms with Crippen LogP contribution in [0.4, 0.5) is 0 Å². The summed E-state index contributed by atoms with van der Waals surface area (Å²) in [5.74, 6) is 0.986. The molecule has 0 amide bonds. The van der Waals surface area contributed by atoms with Gasteiger partial charge in [-0.2, -0.15) is 0 Å². The SMILES string of the molecule is CCC1CC(C)=NC2=C1c1cc(Cl)ccc1C(C)CC=C2N1CCNCC1. The number of piperazine rings is 1. The van der Waals surface area contributed by atoms with Crippen LogP contribution in [0.2, 0.25) is 5.02 Å². The highest BCUT2D eigenvalue weighted by atomic mass is 35.5. The summed E-state index contributed by atoms with van der Waals surface area (Å²) >= 11 is 6.46. The van der Waals surface area contributed by atoms with E-state index in [1.165, 1.54) is 33.8 Å². The van der Waals surface area contributed by atoms with E-state index in [4.69, 9.17) is 16.6 Å². The van der Waals surface area contributed by atoms with Gasteiger partial charge in [-0.1, -0.05) is 37.6 Å². The van der Waals surface area contributed by atoms with Crippen molar-refractivity contribution < 1.29 is 0 Å². The number of benzene rings is 1. The Labute approximate surface area is 168 Å². The fraction of sp³-hybridized carbons (Fsp3) is 0.522. The number of aliphatic imine (C=N–C) groups is 1. The van der Waals surface area contributed by atoms with Gasteiger partial charge < -0.3 is 10.2 Å². The number of fused-ring (bicyclic) bond motifs is 2. The quantitative estimate of drug-likeness (QED) is 0.756. The number of hydrogen-bond donors (Lipinski definition) is 1. The maximum Gasteiger partial charge on any atom is 0.0899 e. The number of rotatable bonds is 2. The van der Waals surface area contributed by atoms with E-state index in [2.05, 4.69) is 49.2 Å². The maximum absolute atomic E-state index is 6.46. The molecule has 1 aromatic carbocycles. The molecule has 0 aromatic heterocycles. The highest BCUT2D eigenvalue weighted by molar-refractivity contribution is 6.30. The van der Waals surface area contributed by atoms with Crippen molar-refractivity contribution in [3.05, 3.63) is 51.8 Å². The van der Waals surface area contributed by atoms with Crippen molar-refractivity contribution in [3.8, 4) is 0 Å². The zero-order valence-electron chi connectivity index (χ0n) is 16.7. The predicted molar refractivity (Wildman–Crippen MR) is 115 cm³/mol. The lowest BCUT2D eigenvalue weighted by molar-refractivity contribution is 0.302. The monoisotopic (exact) mass is 383 g/mol. The molecule has 3 aliphatic rings. The van der Waals surface area contributed by atoms with Gasteiger partial charge in [-0.3, -0.25) is 4.99 Å². The Kier molecular flexibility index (Phi) is 5.43. The van der Waals surface area contributed by atoms with E-state index in [9.17, 15) is 0 Å². The molecule has 0 radical (unpaired) electrons. The number of halogens is 1. The standard InChI is InChI=1S/C23H30ClN3/c1-4-17-13-16(3)26-23-21(27-11-9-25-10-12-27)8-5-15(2)19-7-6-18(24)14-20(19)22(17)23/h6-8,14-15,17,25H,4-5,9-13H2,1-3H3. The third-order valence-corrected chi connectivity index (χ3v) is 6.44. The average molecular weight is 384 g/mol. The molecular weight excluding hydrogens is 354 g/mol. The lowest BCUT2D eigenvalue weighted by atomic mass is 9.77. The minimum Gasteiger partial charge on any atom is -0.367 e. The Hall–Kier alpha value is -1.58. The average Bonchev–Trinajstić information content (AvgIpc) is 2.67. The fourth-order valence-corrected chi connectivity index (χ4v) is 4.90. The van der Waals surface area contributed by atoms with Gasteiger partial charge in [0.05, 0.1) is 11.4 Å². The van der Waals surface area contributed by atoms with Gasteiger partial charge >= 0.3 is 0 Å². The summed E-state index contributed by atoms with van der Waals surface area (Å²) in [4.78, 5) is 7.67. The van der Waals surface area contributed by atoms with Gasteiger partial charge in [-0.05, 0) is 66.9 Å². The van der Waals surface area contributed by atoms with Crippen LogP contribution in [0.25, 0.3) is 5.57 Å². The Morgan fingerprint density at radius 3 is 2.78 bits per heavy atom. The van der Waals surface area contributed by atoms with Gasteiger partial charge in [-0.15, -0.1) is 0 Å². The molecule has 4 heteroatoms. The van der Waals surface area contributed by atoms with Crippen LogP contribution in [0.1, 0.15) is 57.1 Å². The van der Waals surface area contributed by atoms with Gasteiger partial charge in [0.25, 0.3) is 0 Å². The van der Waals surface area contributed by atoms with Gasteiger partial charge in [0.15, 0.2) is 0 Å². The van der Waals surface area contributed by atoms with Crippen LogP contribution in [-0.2, 0) is 0 Å². The molecule has 2 atom stereocenters. The van der Waals surface area contributed by atoms with Crippen molar-refractivity contribution in [2.45, 2.75) is 46.0 Å². The van der Waals surface area contributed by atoms with Crippen molar-refractivity contribution in [3.63, 3.8) is 0 Å². The maximum atomic E-state index is 6.46.